The van der Waals surface area contributed by atoms with Crippen LogP contribution in [-0.2, 0) is 27.3 Å². The molecule has 0 aliphatic carbocycles. The first-order chi connectivity index (χ1) is 14.6. The number of hydrogen-bond donors (Lipinski definition) is 0. The Morgan fingerprint density at radius 2 is 1.80 bits per heavy atom. The van der Waals surface area contributed by atoms with Gasteiger partial charge in [-0.1, -0.05) is 54.1 Å². The molecule has 2 heterocycles. The van der Waals surface area contributed by atoms with E-state index in [1.54, 1.807) is 7.11 Å². The number of amides is 2. The number of ether oxygens (including phenoxy) is 1. The number of carbonyl (C=O) groups excluding carboxylic acids is 2. The van der Waals surface area contributed by atoms with Crippen molar-refractivity contribution in [1.82, 2.24) is 9.80 Å². The third-order valence-electron chi connectivity index (χ3n) is 6.42. The van der Waals surface area contributed by atoms with Crippen molar-refractivity contribution in [3.63, 3.8) is 0 Å². The molecular formula is C25H30N2O3. The number of carbonyl (C=O) groups is 2. The number of aryl methyl sites for hydroxylation is 1. The maximum Gasteiger partial charge on any atom is 0.228 e. The van der Waals surface area contributed by atoms with E-state index in [2.05, 4.69) is 42.5 Å². The van der Waals surface area contributed by atoms with Crippen molar-refractivity contribution >= 4 is 11.8 Å². The molecule has 2 aliphatic rings. The van der Waals surface area contributed by atoms with E-state index in [0.29, 0.717) is 32.5 Å². The predicted octanol–water partition coefficient (Wildman–Crippen LogP) is 3.51. The Kier molecular flexibility index (Phi) is 6.18. The molecule has 0 unspecified atom stereocenters. The molecule has 2 aliphatic heterocycles. The van der Waals surface area contributed by atoms with Crippen LogP contribution in [0.1, 0.15) is 41.1 Å². The van der Waals surface area contributed by atoms with E-state index < -0.39 is 0 Å². The first-order valence-electron chi connectivity index (χ1n) is 10.8. The normalized spacial score (nSPS) is 21.5. The average Bonchev–Trinajstić information content (AvgIpc) is 2.78. The second-order valence-corrected chi connectivity index (χ2v) is 8.36. The standard InChI is InChI=1S/C25H30N2O3/c1-18-7-9-20(10-8-18)24-22(11-12-23(28)27(24)15-16-30-2)25(29)26-14-13-19-5-3-4-6-21(19)17-26/h3-10,22,24H,11-17H2,1-2H3/t22-,24-/m1/s1. The zero-order valence-corrected chi connectivity index (χ0v) is 17.8. The number of hydrogen-bond acceptors (Lipinski definition) is 3. The van der Waals surface area contributed by atoms with Crippen molar-refractivity contribution in [2.24, 2.45) is 5.92 Å². The summed E-state index contributed by atoms with van der Waals surface area (Å²) in [5.41, 5.74) is 4.75. The minimum Gasteiger partial charge on any atom is -0.383 e. The van der Waals surface area contributed by atoms with Crippen LogP contribution < -0.4 is 0 Å². The minimum absolute atomic E-state index is 0.102. The van der Waals surface area contributed by atoms with Gasteiger partial charge >= 0.3 is 0 Å². The third kappa shape index (κ3) is 4.12. The molecule has 0 radical (unpaired) electrons. The molecule has 4 rings (SSSR count). The number of fused-ring (bicyclic) bond motifs is 1. The van der Waals surface area contributed by atoms with Gasteiger partial charge in [0, 0.05) is 33.2 Å². The summed E-state index contributed by atoms with van der Waals surface area (Å²) in [6.45, 7) is 4.40. The molecule has 0 N–H and O–H groups in total. The Bertz CT molecular complexity index is 909. The fraction of sp³-hybridized carbons (Fsp3) is 0.440. The van der Waals surface area contributed by atoms with Gasteiger partial charge in [0.25, 0.3) is 0 Å². The van der Waals surface area contributed by atoms with E-state index in [1.165, 1.54) is 16.7 Å². The molecule has 2 amide bonds. The number of rotatable bonds is 5. The molecule has 1 fully saturated rings. The highest BCUT2D eigenvalue weighted by Crippen LogP contribution is 2.38. The van der Waals surface area contributed by atoms with Gasteiger partial charge in [0.05, 0.1) is 18.6 Å². The SMILES string of the molecule is COCCN1C(=O)CC[C@@H](C(=O)N2CCc3ccccc3C2)[C@H]1c1ccc(C)cc1. The van der Waals surface area contributed by atoms with Gasteiger partial charge in [-0.05, 0) is 36.5 Å². The van der Waals surface area contributed by atoms with Crippen LogP contribution in [0.15, 0.2) is 48.5 Å². The number of nitrogens with zero attached hydrogens (tertiary/aromatic N) is 2. The second kappa shape index (κ2) is 9.00. The smallest absolute Gasteiger partial charge is 0.228 e. The van der Waals surface area contributed by atoms with Gasteiger partial charge in [0.15, 0.2) is 0 Å². The lowest BCUT2D eigenvalue weighted by atomic mass is 9.82. The van der Waals surface area contributed by atoms with Crippen LogP contribution in [0.5, 0.6) is 0 Å². The summed E-state index contributed by atoms with van der Waals surface area (Å²) in [7, 11) is 1.64. The molecule has 0 spiro atoms. The number of likely N-dealkylation sites (tertiary alicyclic amines) is 1. The minimum atomic E-state index is -0.244. The molecule has 2 aromatic carbocycles. The van der Waals surface area contributed by atoms with Crippen LogP contribution >= 0.6 is 0 Å². The van der Waals surface area contributed by atoms with Gasteiger partial charge in [-0.3, -0.25) is 9.59 Å². The van der Waals surface area contributed by atoms with Crippen molar-refractivity contribution in [1.29, 1.82) is 0 Å². The molecule has 0 bridgehead atoms. The highest BCUT2D eigenvalue weighted by Gasteiger charge is 2.42. The summed E-state index contributed by atoms with van der Waals surface area (Å²) < 4.78 is 5.26. The highest BCUT2D eigenvalue weighted by atomic mass is 16.5. The zero-order chi connectivity index (χ0) is 21.1. The van der Waals surface area contributed by atoms with Crippen molar-refractivity contribution in [2.75, 3.05) is 26.8 Å². The maximum atomic E-state index is 13.7. The van der Waals surface area contributed by atoms with E-state index in [-0.39, 0.29) is 23.8 Å². The Balaban J connectivity index is 1.63. The summed E-state index contributed by atoms with van der Waals surface area (Å²) in [6.07, 6.45) is 1.89. The average molecular weight is 407 g/mol. The summed E-state index contributed by atoms with van der Waals surface area (Å²) in [4.78, 5) is 30.3. The lowest BCUT2D eigenvalue weighted by molar-refractivity contribution is -0.149. The van der Waals surface area contributed by atoms with E-state index in [0.717, 1.165) is 18.5 Å². The first kappa shape index (κ1) is 20.6. The van der Waals surface area contributed by atoms with E-state index in [9.17, 15) is 9.59 Å². The van der Waals surface area contributed by atoms with E-state index in [1.807, 2.05) is 22.8 Å². The Morgan fingerprint density at radius 1 is 1.07 bits per heavy atom. The van der Waals surface area contributed by atoms with E-state index >= 15 is 0 Å². The second-order valence-electron chi connectivity index (χ2n) is 8.36. The molecule has 158 valence electrons. The van der Waals surface area contributed by atoms with Gasteiger partial charge in [-0.15, -0.1) is 0 Å². The molecule has 5 heteroatoms. The highest BCUT2D eigenvalue weighted by molar-refractivity contribution is 5.85. The fourth-order valence-corrected chi connectivity index (χ4v) is 4.76. The quantitative estimate of drug-likeness (QED) is 0.764. The largest absolute Gasteiger partial charge is 0.383 e. The zero-order valence-electron chi connectivity index (χ0n) is 17.8. The summed E-state index contributed by atoms with van der Waals surface area (Å²) >= 11 is 0. The lowest BCUT2D eigenvalue weighted by Crippen LogP contribution is -2.50. The molecule has 2 atom stereocenters. The van der Waals surface area contributed by atoms with Gasteiger partial charge in [0.2, 0.25) is 11.8 Å². The third-order valence-corrected chi connectivity index (χ3v) is 6.42. The molecular weight excluding hydrogens is 376 g/mol. The first-order valence-corrected chi connectivity index (χ1v) is 10.8. The molecule has 2 aromatic rings. The van der Waals surface area contributed by atoms with Crippen LogP contribution in [0.25, 0.3) is 0 Å². The molecule has 0 saturated carbocycles. The fourth-order valence-electron chi connectivity index (χ4n) is 4.76. The number of methoxy groups -OCH3 is 1. The van der Waals surface area contributed by atoms with Gasteiger partial charge in [0.1, 0.15) is 0 Å². The summed E-state index contributed by atoms with van der Waals surface area (Å²) in [6, 6.07) is 16.3. The Morgan fingerprint density at radius 3 is 2.53 bits per heavy atom. The van der Waals surface area contributed by atoms with Crippen LogP contribution in [0.2, 0.25) is 0 Å². The van der Waals surface area contributed by atoms with Crippen LogP contribution in [-0.4, -0.2) is 48.4 Å². The van der Waals surface area contributed by atoms with E-state index in [4.69, 9.17) is 4.74 Å². The lowest BCUT2D eigenvalue weighted by Gasteiger charge is -2.43. The van der Waals surface area contributed by atoms with Crippen molar-refractivity contribution in [2.45, 2.75) is 38.8 Å². The van der Waals surface area contributed by atoms with Crippen molar-refractivity contribution in [3.8, 4) is 0 Å². The van der Waals surface area contributed by atoms with Gasteiger partial charge in [-0.2, -0.15) is 0 Å². The van der Waals surface area contributed by atoms with Gasteiger partial charge in [-0.25, -0.2) is 0 Å². The monoisotopic (exact) mass is 406 g/mol. The molecule has 0 aromatic heterocycles. The van der Waals surface area contributed by atoms with Crippen molar-refractivity contribution < 1.29 is 14.3 Å². The summed E-state index contributed by atoms with van der Waals surface area (Å²) in [5, 5.41) is 0. The molecule has 30 heavy (non-hydrogen) atoms. The van der Waals surface area contributed by atoms with Crippen LogP contribution in [0.3, 0.4) is 0 Å². The Labute approximate surface area is 178 Å². The topological polar surface area (TPSA) is 49.9 Å². The van der Waals surface area contributed by atoms with Crippen LogP contribution in [0.4, 0.5) is 0 Å². The predicted molar refractivity (Wildman–Crippen MR) is 116 cm³/mol. The van der Waals surface area contributed by atoms with Crippen molar-refractivity contribution in [3.05, 3.63) is 70.8 Å². The number of piperidine rings is 1. The number of benzene rings is 2. The molecule has 5 nitrogen and oxygen atoms in total. The Hall–Kier alpha value is -2.66. The van der Waals surface area contributed by atoms with Crippen LogP contribution in [0, 0.1) is 12.8 Å². The van der Waals surface area contributed by atoms with Gasteiger partial charge < -0.3 is 14.5 Å². The summed E-state index contributed by atoms with van der Waals surface area (Å²) in [5.74, 6) is 0.0307. The maximum absolute atomic E-state index is 13.7. The molecule has 1 saturated heterocycles.